The molecule has 0 bridgehead atoms. The Hall–Kier alpha value is -0.220. The molecule has 1 unspecified atom stereocenters. The lowest BCUT2D eigenvalue weighted by Crippen LogP contribution is -2.28. The second kappa shape index (κ2) is 2.17. The van der Waals surface area contributed by atoms with Crippen molar-refractivity contribution in [1.82, 2.24) is 4.90 Å². The molecule has 1 aliphatic carbocycles. The Morgan fingerprint density at radius 2 is 2.17 bits per heavy atom. The van der Waals surface area contributed by atoms with Gasteiger partial charge >= 0.3 is 0 Å². The lowest BCUT2D eigenvalue weighted by atomic mass is 10.0. The van der Waals surface area contributed by atoms with Crippen molar-refractivity contribution < 1.29 is 13.9 Å². The molecule has 1 saturated carbocycles. The molecule has 1 heterocycles. The summed E-state index contributed by atoms with van der Waals surface area (Å²) >= 11 is 0. The minimum absolute atomic E-state index is 0.00562. The van der Waals surface area contributed by atoms with E-state index in [1.165, 1.54) is 0 Å². The molecule has 70 valence electrons. The highest BCUT2D eigenvalue weighted by Crippen LogP contribution is 2.65. The van der Waals surface area contributed by atoms with Gasteiger partial charge in [-0.1, -0.05) is 0 Å². The Bertz CT molecular complexity index is 209. The molecule has 1 saturated heterocycles. The predicted molar refractivity (Wildman–Crippen MR) is 40.1 cm³/mol. The zero-order valence-corrected chi connectivity index (χ0v) is 7.06. The number of aliphatic hydroxyl groups is 1. The third-order valence-electron chi connectivity index (χ3n) is 3.22. The third kappa shape index (κ3) is 0.910. The van der Waals surface area contributed by atoms with Crippen LogP contribution in [-0.2, 0) is 0 Å². The molecule has 0 aromatic rings. The zero-order chi connectivity index (χ0) is 8.98. The minimum Gasteiger partial charge on any atom is -0.395 e. The van der Waals surface area contributed by atoms with Crippen molar-refractivity contribution in [3.63, 3.8) is 0 Å². The molecule has 1 aliphatic heterocycles. The van der Waals surface area contributed by atoms with Gasteiger partial charge in [-0.25, -0.2) is 8.78 Å². The standard InChI is InChI=1S/C8H13F2NO/c1-11-5-7(2-6(11)3-12)4-8(7,9)10/h6,12H,2-5H2,1H3/t6-,7?/m0/s1. The van der Waals surface area contributed by atoms with Gasteiger partial charge in [0, 0.05) is 19.0 Å². The maximum absolute atomic E-state index is 12.9. The predicted octanol–water partition coefficient (Wildman–Crippen LogP) is 0.708. The Morgan fingerprint density at radius 1 is 1.58 bits per heavy atom. The Morgan fingerprint density at radius 3 is 2.42 bits per heavy atom. The number of hydrogen-bond donors (Lipinski definition) is 1. The molecule has 2 nitrogen and oxygen atoms in total. The van der Waals surface area contributed by atoms with E-state index in [0.717, 1.165) is 0 Å². The number of halogens is 2. The van der Waals surface area contributed by atoms with E-state index in [1.807, 2.05) is 4.90 Å². The van der Waals surface area contributed by atoms with Crippen LogP contribution in [0.1, 0.15) is 12.8 Å². The fraction of sp³-hybridized carbons (Fsp3) is 1.00. The number of hydrogen-bond acceptors (Lipinski definition) is 2. The summed E-state index contributed by atoms with van der Waals surface area (Å²) in [5.41, 5.74) is -0.783. The SMILES string of the molecule is CN1CC2(C[C@H]1CO)CC2(F)F. The molecule has 0 aromatic carbocycles. The van der Waals surface area contributed by atoms with Gasteiger partial charge in [0.05, 0.1) is 12.0 Å². The molecule has 2 aliphatic rings. The second-order valence-corrected chi connectivity index (χ2v) is 4.12. The van der Waals surface area contributed by atoms with Crippen LogP contribution in [0.15, 0.2) is 0 Å². The molecule has 1 spiro atoms. The molecule has 2 rings (SSSR count). The fourth-order valence-corrected chi connectivity index (χ4v) is 2.26. The van der Waals surface area contributed by atoms with Gasteiger partial charge in [0.25, 0.3) is 5.92 Å². The summed E-state index contributed by atoms with van der Waals surface area (Å²) in [6.07, 6.45) is 0.466. The molecule has 2 atom stereocenters. The maximum atomic E-state index is 12.9. The molecule has 1 N–H and O–H groups in total. The van der Waals surface area contributed by atoms with E-state index in [1.54, 1.807) is 7.05 Å². The van der Waals surface area contributed by atoms with Gasteiger partial charge in [-0.2, -0.15) is 0 Å². The third-order valence-corrected chi connectivity index (χ3v) is 3.22. The Kier molecular flexibility index (Phi) is 1.52. The van der Waals surface area contributed by atoms with Crippen LogP contribution in [0, 0.1) is 5.41 Å². The number of rotatable bonds is 1. The molecule has 4 heteroatoms. The van der Waals surface area contributed by atoms with Crippen LogP contribution in [0.3, 0.4) is 0 Å². The van der Waals surface area contributed by atoms with Crippen molar-refractivity contribution in [2.75, 3.05) is 20.2 Å². The van der Waals surface area contributed by atoms with Crippen LogP contribution in [-0.4, -0.2) is 42.2 Å². The van der Waals surface area contributed by atoms with Crippen molar-refractivity contribution in [3.8, 4) is 0 Å². The Balaban J connectivity index is 2.08. The summed E-state index contributed by atoms with van der Waals surface area (Å²) in [6, 6.07) is -0.0571. The monoisotopic (exact) mass is 177 g/mol. The van der Waals surface area contributed by atoms with Gasteiger partial charge in [-0.3, -0.25) is 0 Å². The molecule has 12 heavy (non-hydrogen) atoms. The van der Waals surface area contributed by atoms with Crippen LogP contribution in [0.5, 0.6) is 0 Å². The van der Waals surface area contributed by atoms with E-state index in [2.05, 4.69) is 0 Å². The van der Waals surface area contributed by atoms with Crippen molar-refractivity contribution in [2.24, 2.45) is 5.41 Å². The molecular weight excluding hydrogens is 164 g/mol. The van der Waals surface area contributed by atoms with Gasteiger partial charge < -0.3 is 10.0 Å². The van der Waals surface area contributed by atoms with Crippen molar-refractivity contribution >= 4 is 0 Å². The van der Waals surface area contributed by atoms with Gasteiger partial charge in [-0.05, 0) is 13.5 Å². The number of likely N-dealkylation sites (tertiary alicyclic amines) is 1. The summed E-state index contributed by atoms with van der Waals surface area (Å²) in [7, 11) is 1.80. The Labute approximate surface area is 70.2 Å². The van der Waals surface area contributed by atoms with E-state index < -0.39 is 11.3 Å². The smallest absolute Gasteiger partial charge is 0.255 e. The summed E-state index contributed by atoms with van der Waals surface area (Å²) in [4.78, 5) is 1.83. The first-order chi connectivity index (χ1) is 5.51. The lowest BCUT2D eigenvalue weighted by Gasteiger charge is -2.15. The van der Waals surface area contributed by atoms with Crippen LogP contribution < -0.4 is 0 Å². The fourth-order valence-electron chi connectivity index (χ4n) is 2.26. The van der Waals surface area contributed by atoms with Gasteiger partial charge in [0.15, 0.2) is 0 Å². The van der Waals surface area contributed by atoms with Gasteiger partial charge in [0.1, 0.15) is 0 Å². The second-order valence-electron chi connectivity index (χ2n) is 4.12. The molecule has 0 amide bonds. The van der Waals surface area contributed by atoms with Crippen LogP contribution >= 0.6 is 0 Å². The lowest BCUT2D eigenvalue weighted by molar-refractivity contribution is 0.0671. The van der Waals surface area contributed by atoms with Crippen LogP contribution in [0.2, 0.25) is 0 Å². The molecule has 0 aromatic heterocycles. The largest absolute Gasteiger partial charge is 0.395 e. The summed E-state index contributed by atoms with van der Waals surface area (Å²) in [5, 5.41) is 8.88. The average molecular weight is 177 g/mol. The first-order valence-electron chi connectivity index (χ1n) is 4.20. The molecule has 2 fully saturated rings. The first kappa shape index (κ1) is 8.38. The van der Waals surface area contributed by atoms with E-state index in [4.69, 9.17) is 5.11 Å². The van der Waals surface area contributed by atoms with E-state index in [0.29, 0.717) is 13.0 Å². The normalized spacial score (nSPS) is 45.5. The van der Waals surface area contributed by atoms with E-state index >= 15 is 0 Å². The van der Waals surface area contributed by atoms with Crippen LogP contribution in [0.4, 0.5) is 8.78 Å². The van der Waals surface area contributed by atoms with Gasteiger partial charge in [-0.15, -0.1) is 0 Å². The number of aliphatic hydroxyl groups excluding tert-OH is 1. The van der Waals surface area contributed by atoms with E-state index in [9.17, 15) is 8.78 Å². The number of likely N-dealkylation sites (N-methyl/N-ethyl adjacent to an activating group) is 1. The summed E-state index contributed by atoms with van der Waals surface area (Å²) in [6.45, 7) is 0.430. The first-order valence-corrected chi connectivity index (χ1v) is 4.20. The highest BCUT2D eigenvalue weighted by Gasteiger charge is 2.73. The average Bonchev–Trinajstić information content (AvgIpc) is 2.35. The molecular formula is C8H13F2NO. The highest BCUT2D eigenvalue weighted by molar-refractivity contribution is 5.16. The maximum Gasteiger partial charge on any atom is 0.255 e. The van der Waals surface area contributed by atoms with Gasteiger partial charge in [0.2, 0.25) is 0 Å². The minimum atomic E-state index is -2.47. The topological polar surface area (TPSA) is 23.5 Å². The quantitative estimate of drug-likeness (QED) is 0.637. The summed E-state index contributed by atoms with van der Waals surface area (Å²) in [5.74, 6) is -2.47. The summed E-state index contributed by atoms with van der Waals surface area (Å²) < 4.78 is 25.7. The highest BCUT2D eigenvalue weighted by atomic mass is 19.3. The number of nitrogens with zero attached hydrogens (tertiary/aromatic N) is 1. The van der Waals surface area contributed by atoms with E-state index in [-0.39, 0.29) is 19.1 Å². The zero-order valence-electron chi connectivity index (χ0n) is 7.06. The van der Waals surface area contributed by atoms with Crippen molar-refractivity contribution in [1.29, 1.82) is 0 Å². The van der Waals surface area contributed by atoms with Crippen molar-refractivity contribution in [2.45, 2.75) is 24.8 Å². The number of alkyl halides is 2. The molecule has 0 radical (unpaired) electrons. The van der Waals surface area contributed by atoms with Crippen LogP contribution in [0.25, 0.3) is 0 Å². The van der Waals surface area contributed by atoms with Crippen molar-refractivity contribution in [3.05, 3.63) is 0 Å².